The van der Waals surface area contributed by atoms with E-state index < -0.39 is 46.4 Å². The molecule has 0 saturated carbocycles. The third kappa shape index (κ3) is 12.0. The van der Waals surface area contributed by atoms with Crippen LogP contribution < -0.4 is 20.7 Å². The van der Waals surface area contributed by atoms with Gasteiger partial charge in [-0.3, -0.25) is 14.5 Å². The summed E-state index contributed by atoms with van der Waals surface area (Å²) in [7, 11) is 1.56. The van der Waals surface area contributed by atoms with Crippen LogP contribution in [0.5, 0.6) is 5.75 Å². The van der Waals surface area contributed by atoms with Gasteiger partial charge in [0, 0.05) is 40.2 Å². The molecule has 1 unspecified atom stereocenters. The Morgan fingerprint density at radius 3 is 1.74 bits per heavy atom. The second-order valence-corrected chi connectivity index (χ2v) is 20.9. The second-order valence-electron chi connectivity index (χ2n) is 18.6. The number of β-lactam (4-membered cyclic amide) rings is 1. The fourth-order valence-corrected chi connectivity index (χ4v) is 12.0. The van der Waals surface area contributed by atoms with Crippen molar-refractivity contribution < 1.29 is 38.2 Å². The number of nitrogens with zero attached hydrogens (tertiary/aromatic N) is 3. The molecule has 14 nitrogen and oxygen atoms in total. The number of thioether (sulfide) groups is 1. The Kier molecular flexibility index (Phi) is 17.7. The number of amides is 3. The van der Waals surface area contributed by atoms with Crippen LogP contribution >= 0.6 is 34.7 Å². The first-order valence-corrected chi connectivity index (χ1v) is 28.4. The molecule has 0 bridgehead atoms. The summed E-state index contributed by atoms with van der Waals surface area (Å²) in [6, 6.07) is 65.1. The first-order chi connectivity index (χ1) is 39.7. The molecule has 408 valence electrons. The van der Waals surface area contributed by atoms with Gasteiger partial charge in [0.05, 0.1) is 7.11 Å². The summed E-state index contributed by atoms with van der Waals surface area (Å²) in [5, 5.41) is 15.6. The van der Waals surface area contributed by atoms with Gasteiger partial charge in [0.2, 0.25) is 5.60 Å². The number of rotatable bonds is 22. The van der Waals surface area contributed by atoms with Crippen LogP contribution in [0.1, 0.15) is 44.6 Å². The second kappa shape index (κ2) is 25.9. The fourth-order valence-electron chi connectivity index (χ4n) is 9.80. The highest BCUT2D eigenvalue weighted by atomic mass is 35.5. The Bertz CT molecular complexity index is 3350. The molecule has 8 aromatic rings. The van der Waals surface area contributed by atoms with Gasteiger partial charge in [-0.15, -0.1) is 34.7 Å². The number of carbonyl (C=O) groups is 4. The highest BCUT2D eigenvalue weighted by Crippen LogP contribution is 2.44. The van der Waals surface area contributed by atoms with E-state index in [9.17, 15) is 14.4 Å². The van der Waals surface area contributed by atoms with Crippen molar-refractivity contribution in [3.05, 3.63) is 280 Å². The van der Waals surface area contributed by atoms with E-state index in [-0.39, 0.29) is 48.5 Å². The number of anilines is 1. The number of alkyl halides is 1. The molecule has 2 atom stereocenters. The highest BCUT2D eigenvalue weighted by Gasteiger charge is 2.55. The SMILES string of the molecule is COc1ccc(COC(=O)C2=C(/C=C\COC(=O)NCCCl)CS[C@@H]3C(NC(=O)/C(=N\OC(c4ccccc4)(c4ccccc4)c4ccccc4)c4csc(NC(c5ccccc5)(c5ccccc5)c5ccccc5)n4)C(=O)N23)cc1. The largest absolute Gasteiger partial charge is 0.497 e. The maximum absolute atomic E-state index is 15.4. The first-order valence-electron chi connectivity index (χ1n) is 26.0. The molecular formula is C64H55ClN6O8S2. The van der Waals surface area contributed by atoms with Gasteiger partial charge in [0.15, 0.2) is 10.8 Å². The Morgan fingerprint density at radius 2 is 1.23 bits per heavy atom. The summed E-state index contributed by atoms with van der Waals surface area (Å²) < 4.78 is 16.4. The number of nitrogens with one attached hydrogen (secondary N) is 3. The first kappa shape index (κ1) is 55.4. The minimum Gasteiger partial charge on any atom is -0.497 e. The van der Waals surface area contributed by atoms with Gasteiger partial charge in [-0.25, -0.2) is 14.6 Å². The third-order valence-corrected chi connectivity index (χ3v) is 15.9. The van der Waals surface area contributed by atoms with E-state index in [0.29, 0.717) is 22.0 Å². The van der Waals surface area contributed by atoms with Gasteiger partial charge in [-0.05, 0) is 46.0 Å². The summed E-state index contributed by atoms with van der Waals surface area (Å²) in [5.41, 5.74) is 3.78. The number of hydrogen-bond acceptors (Lipinski definition) is 13. The molecule has 2 aliphatic rings. The van der Waals surface area contributed by atoms with E-state index in [1.54, 1.807) is 48.9 Å². The standard InChI is InChI=1S/C64H55ClN6O8S2/c1-76-52-36-34-44(35-37-52)41-78-60(74)56-45(21-20-40-77-62(75)66-39-38-65)42-80-59-55(58(73)71(56)59)68-57(72)54(70-79-64(49-28-14-5-15-29-49,50-30-16-6-17-31-50)51-32-18-7-19-33-51)53-43-81-61(67-53)69-63(46-22-8-2-9-23-46,47-24-10-3-11-25-47)48-26-12-4-13-27-48/h2-37,43,55,59H,38-42H2,1H3,(H,66,75)(H,67,69)(H,68,72)/b21-20-,70-54-/t55?,59-/m1/s1. The lowest BCUT2D eigenvalue weighted by atomic mass is 9.77. The van der Waals surface area contributed by atoms with Gasteiger partial charge in [-0.2, -0.15) is 0 Å². The van der Waals surface area contributed by atoms with Crippen molar-refractivity contribution in [1.82, 2.24) is 20.5 Å². The van der Waals surface area contributed by atoms with Crippen LogP contribution in [-0.2, 0) is 46.4 Å². The normalized spacial score (nSPS) is 15.3. The summed E-state index contributed by atoms with van der Waals surface area (Å²) >= 11 is 8.33. The van der Waals surface area contributed by atoms with Gasteiger partial charge < -0.3 is 35.0 Å². The maximum Gasteiger partial charge on any atom is 0.407 e. The number of fused-ring (bicyclic) bond motifs is 1. The molecular weight excluding hydrogens is 1080 g/mol. The van der Waals surface area contributed by atoms with Crippen molar-refractivity contribution in [3.8, 4) is 5.75 Å². The minimum atomic E-state index is -1.40. The van der Waals surface area contributed by atoms with Gasteiger partial charge in [0.1, 0.15) is 47.3 Å². The molecule has 0 spiro atoms. The average molecular weight is 1140 g/mol. The summed E-state index contributed by atoms with van der Waals surface area (Å²) in [6.07, 6.45) is 2.53. The molecule has 3 amide bonds. The quantitative estimate of drug-likeness (QED) is 0.0147. The van der Waals surface area contributed by atoms with Crippen molar-refractivity contribution in [1.29, 1.82) is 0 Å². The number of allylic oxidation sites excluding steroid dienone is 1. The highest BCUT2D eigenvalue weighted by molar-refractivity contribution is 8.00. The van der Waals surface area contributed by atoms with Crippen LogP contribution in [0.25, 0.3) is 0 Å². The van der Waals surface area contributed by atoms with Gasteiger partial charge in [-0.1, -0.05) is 205 Å². The topological polar surface area (TPSA) is 170 Å². The van der Waals surface area contributed by atoms with Crippen molar-refractivity contribution >= 4 is 69.4 Å². The molecule has 1 fully saturated rings. The number of benzene rings is 7. The van der Waals surface area contributed by atoms with E-state index >= 15 is 4.79 Å². The van der Waals surface area contributed by atoms with E-state index in [0.717, 1.165) is 33.4 Å². The zero-order valence-corrected chi connectivity index (χ0v) is 46.2. The predicted octanol–water partition coefficient (Wildman–Crippen LogP) is 11.2. The molecule has 3 heterocycles. The maximum atomic E-state index is 15.4. The molecule has 81 heavy (non-hydrogen) atoms. The number of esters is 1. The summed E-state index contributed by atoms with van der Waals surface area (Å²) in [4.78, 5) is 69.9. The molecule has 2 aliphatic heterocycles. The Morgan fingerprint density at radius 1 is 0.716 bits per heavy atom. The lowest BCUT2D eigenvalue weighted by molar-refractivity contribution is -0.153. The van der Waals surface area contributed by atoms with Crippen LogP contribution in [0.3, 0.4) is 0 Å². The zero-order valence-electron chi connectivity index (χ0n) is 43.9. The lowest BCUT2D eigenvalue weighted by Gasteiger charge is -2.49. The van der Waals surface area contributed by atoms with Crippen molar-refractivity contribution in [2.45, 2.75) is 29.2 Å². The monoisotopic (exact) mass is 1130 g/mol. The smallest absolute Gasteiger partial charge is 0.407 e. The number of carbonyl (C=O) groups excluding carboxylic acids is 4. The zero-order chi connectivity index (χ0) is 56.0. The number of thiazole rings is 1. The molecule has 3 N–H and O–H groups in total. The molecule has 1 saturated heterocycles. The molecule has 7 aromatic carbocycles. The number of aromatic nitrogens is 1. The lowest BCUT2D eigenvalue weighted by Crippen LogP contribution is -2.71. The fraction of sp³-hybridized carbons (Fsp3) is 0.156. The van der Waals surface area contributed by atoms with Gasteiger partial charge in [0.25, 0.3) is 11.8 Å². The van der Waals surface area contributed by atoms with Crippen LogP contribution in [0, 0.1) is 0 Å². The van der Waals surface area contributed by atoms with E-state index in [1.165, 1.54) is 28.0 Å². The predicted molar refractivity (Wildman–Crippen MR) is 316 cm³/mol. The molecule has 0 aliphatic carbocycles. The van der Waals surface area contributed by atoms with Crippen molar-refractivity contribution in [2.24, 2.45) is 5.16 Å². The number of ether oxygens (including phenoxy) is 3. The summed E-state index contributed by atoms with van der Waals surface area (Å²) in [6.45, 7) is -0.00310. The Labute approximate surface area is 482 Å². The van der Waals surface area contributed by atoms with Crippen molar-refractivity contribution in [2.75, 3.05) is 37.2 Å². The van der Waals surface area contributed by atoms with Crippen molar-refractivity contribution in [3.63, 3.8) is 0 Å². The van der Waals surface area contributed by atoms with Crippen LogP contribution in [-0.4, -0.2) is 82.8 Å². The van der Waals surface area contributed by atoms with Crippen LogP contribution in [0.2, 0.25) is 0 Å². The average Bonchev–Trinajstić information content (AvgIpc) is 4.17. The van der Waals surface area contributed by atoms with Gasteiger partial charge >= 0.3 is 12.1 Å². The number of methoxy groups -OCH3 is 1. The van der Waals surface area contributed by atoms with E-state index in [4.69, 9.17) is 40.8 Å². The molecule has 1 aromatic heterocycles. The van der Waals surface area contributed by atoms with Crippen LogP contribution in [0.15, 0.2) is 240 Å². The minimum absolute atomic E-state index is 0.00450. The number of halogens is 1. The molecule has 0 radical (unpaired) electrons. The molecule has 10 rings (SSSR count). The Hall–Kier alpha value is -8.96. The number of oxime groups is 1. The number of alkyl carbamates (subject to hydrolysis) is 1. The van der Waals surface area contributed by atoms with Crippen LogP contribution in [0.4, 0.5) is 9.93 Å². The van der Waals surface area contributed by atoms with E-state index in [1.807, 2.05) is 146 Å². The summed E-state index contributed by atoms with van der Waals surface area (Å²) in [5.74, 6) is -0.997. The molecule has 17 heteroatoms. The van der Waals surface area contributed by atoms with E-state index in [2.05, 4.69) is 52.3 Å². The number of hydrogen-bond donors (Lipinski definition) is 3. The third-order valence-electron chi connectivity index (χ3n) is 13.7. The Balaban J connectivity index is 1.03.